The van der Waals surface area contributed by atoms with E-state index in [0.717, 1.165) is 4.31 Å². The second kappa shape index (κ2) is 5.07. The molecule has 0 amide bonds. The number of nitrogens with zero attached hydrogens (tertiary/aromatic N) is 2. The van der Waals surface area contributed by atoms with Crippen LogP contribution in [0.4, 0.5) is 0 Å². The molecule has 6 nitrogen and oxygen atoms in total. The third kappa shape index (κ3) is 2.59. The number of nitriles is 1. The van der Waals surface area contributed by atoms with Crippen molar-refractivity contribution in [3.05, 3.63) is 28.8 Å². The van der Waals surface area contributed by atoms with Crippen LogP contribution in [0.5, 0.6) is 0 Å². The zero-order valence-electron chi connectivity index (χ0n) is 9.69. The van der Waals surface area contributed by atoms with Gasteiger partial charge in [-0.05, 0) is 18.2 Å². The van der Waals surface area contributed by atoms with Crippen molar-refractivity contribution in [2.45, 2.75) is 17.1 Å². The van der Waals surface area contributed by atoms with E-state index in [2.05, 4.69) is 0 Å². The maximum atomic E-state index is 12.3. The fourth-order valence-electron chi connectivity index (χ4n) is 1.84. The summed E-state index contributed by atoms with van der Waals surface area (Å²) in [6.45, 7) is -0.396. The van der Waals surface area contributed by atoms with Crippen LogP contribution in [0.2, 0.25) is 5.02 Å². The van der Waals surface area contributed by atoms with Crippen molar-refractivity contribution in [1.29, 1.82) is 5.26 Å². The Morgan fingerprint density at radius 3 is 2.42 bits per heavy atom. The van der Waals surface area contributed by atoms with E-state index in [4.69, 9.17) is 16.9 Å². The van der Waals surface area contributed by atoms with E-state index in [0.29, 0.717) is 0 Å². The fraction of sp³-hybridized carbons (Fsp3) is 0.364. The van der Waals surface area contributed by atoms with Crippen LogP contribution in [0.1, 0.15) is 5.56 Å². The van der Waals surface area contributed by atoms with Gasteiger partial charge in [0.25, 0.3) is 0 Å². The molecule has 0 saturated carbocycles. The average Bonchev–Trinajstić information content (AvgIpc) is 2.71. The molecule has 1 aliphatic rings. The Labute approximate surface area is 115 Å². The van der Waals surface area contributed by atoms with Gasteiger partial charge in [0.05, 0.1) is 28.9 Å². The van der Waals surface area contributed by atoms with Gasteiger partial charge in [0.2, 0.25) is 10.0 Å². The van der Waals surface area contributed by atoms with E-state index in [-0.39, 0.29) is 28.6 Å². The van der Waals surface area contributed by atoms with Crippen molar-refractivity contribution in [2.75, 3.05) is 13.1 Å². The predicted octanol–water partition coefficient (Wildman–Crippen LogP) is -0.0622. The minimum atomic E-state index is -3.94. The molecule has 19 heavy (non-hydrogen) atoms. The third-order valence-electron chi connectivity index (χ3n) is 2.90. The Hall–Kier alpha value is -1.17. The van der Waals surface area contributed by atoms with Crippen LogP contribution in [0.25, 0.3) is 0 Å². The molecule has 2 unspecified atom stereocenters. The van der Waals surface area contributed by atoms with Crippen molar-refractivity contribution in [2.24, 2.45) is 0 Å². The predicted molar refractivity (Wildman–Crippen MR) is 66.9 cm³/mol. The lowest BCUT2D eigenvalue weighted by Crippen LogP contribution is -2.30. The van der Waals surface area contributed by atoms with Gasteiger partial charge in [-0.1, -0.05) is 11.6 Å². The molecule has 8 heteroatoms. The van der Waals surface area contributed by atoms with Crippen molar-refractivity contribution in [1.82, 2.24) is 4.31 Å². The van der Waals surface area contributed by atoms with E-state index in [9.17, 15) is 18.6 Å². The number of aliphatic hydroxyl groups is 2. The number of aliphatic hydroxyl groups excluding tert-OH is 2. The molecule has 0 aromatic heterocycles. The number of halogens is 1. The molecule has 1 aromatic rings. The Bertz CT molecular complexity index is 631. The zero-order chi connectivity index (χ0) is 14.2. The van der Waals surface area contributed by atoms with Gasteiger partial charge in [-0.25, -0.2) is 8.42 Å². The topological polar surface area (TPSA) is 102 Å². The van der Waals surface area contributed by atoms with Crippen LogP contribution in [0, 0.1) is 11.3 Å². The smallest absolute Gasteiger partial charge is 0.244 e. The molecular weight excluding hydrogens is 292 g/mol. The van der Waals surface area contributed by atoms with Gasteiger partial charge < -0.3 is 10.2 Å². The molecule has 0 radical (unpaired) electrons. The van der Waals surface area contributed by atoms with Gasteiger partial charge in [0.1, 0.15) is 4.90 Å². The highest BCUT2D eigenvalue weighted by molar-refractivity contribution is 7.89. The first-order valence-electron chi connectivity index (χ1n) is 5.42. The highest BCUT2D eigenvalue weighted by atomic mass is 35.5. The van der Waals surface area contributed by atoms with Crippen LogP contribution >= 0.6 is 11.6 Å². The van der Waals surface area contributed by atoms with E-state index in [1.54, 1.807) is 0 Å². The number of rotatable bonds is 2. The SMILES string of the molecule is N#Cc1ccc(Cl)c(S(=O)(=O)N2CC(O)C(O)C2)c1. The van der Waals surface area contributed by atoms with Crippen molar-refractivity contribution < 1.29 is 18.6 Å². The molecule has 1 aliphatic heterocycles. The largest absolute Gasteiger partial charge is 0.389 e. The van der Waals surface area contributed by atoms with Crippen molar-refractivity contribution >= 4 is 21.6 Å². The van der Waals surface area contributed by atoms with E-state index < -0.39 is 22.2 Å². The third-order valence-corrected chi connectivity index (χ3v) is 5.22. The van der Waals surface area contributed by atoms with Gasteiger partial charge in [-0.2, -0.15) is 9.57 Å². The lowest BCUT2D eigenvalue weighted by atomic mass is 10.2. The normalized spacial score (nSPS) is 24.3. The molecule has 2 atom stereocenters. The number of benzene rings is 1. The first-order valence-corrected chi connectivity index (χ1v) is 7.24. The maximum Gasteiger partial charge on any atom is 0.244 e. The second-order valence-electron chi connectivity index (χ2n) is 4.21. The zero-order valence-corrected chi connectivity index (χ0v) is 11.3. The van der Waals surface area contributed by atoms with Gasteiger partial charge in [-0.15, -0.1) is 0 Å². The summed E-state index contributed by atoms with van der Waals surface area (Å²) in [6, 6.07) is 5.75. The van der Waals surface area contributed by atoms with Crippen LogP contribution in [-0.4, -0.2) is 48.2 Å². The van der Waals surface area contributed by atoms with Gasteiger partial charge in [-0.3, -0.25) is 0 Å². The van der Waals surface area contributed by atoms with Crippen LogP contribution < -0.4 is 0 Å². The summed E-state index contributed by atoms with van der Waals surface area (Å²) < 4.78 is 25.6. The number of β-amino-alcohol motifs (C(OH)–C–C–N with tert-alkyl or cyclic N) is 2. The van der Waals surface area contributed by atoms with Crippen LogP contribution in [0.3, 0.4) is 0 Å². The highest BCUT2D eigenvalue weighted by Gasteiger charge is 2.38. The quantitative estimate of drug-likeness (QED) is 0.797. The molecule has 0 aliphatic carbocycles. The number of hydrogen-bond acceptors (Lipinski definition) is 5. The Morgan fingerprint density at radius 1 is 1.32 bits per heavy atom. The highest BCUT2D eigenvalue weighted by Crippen LogP contribution is 2.28. The van der Waals surface area contributed by atoms with Crippen LogP contribution in [0.15, 0.2) is 23.1 Å². The Kier molecular flexibility index (Phi) is 3.80. The molecule has 0 bridgehead atoms. The van der Waals surface area contributed by atoms with Gasteiger partial charge in [0.15, 0.2) is 0 Å². The summed E-state index contributed by atoms with van der Waals surface area (Å²) in [7, 11) is -3.94. The molecule has 0 spiro atoms. The Morgan fingerprint density at radius 2 is 1.89 bits per heavy atom. The van der Waals surface area contributed by atoms with E-state index >= 15 is 0 Å². The van der Waals surface area contributed by atoms with E-state index in [1.807, 2.05) is 6.07 Å². The van der Waals surface area contributed by atoms with E-state index in [1.165, 1.54) is 18.2 Å². The number of sulfonamides is 1. The lowest BCUT2D eigenvalue weighted by Gasteiger charge is -2.16. The molecule has 1 heterocycles. The standard InChI is InChI=1S/C11H11ClN2O4S/c12-8-2-1-7(4-13)3-11(8)19(17,18)14-5-9(15)10(16)6-14/h1-3,9-10,15-16H,5-6H2. The second-order valence-corrected chi connectivity index (χ2v) is 6.53. The molecule has 1 fully saturated rings. The molecule has 2 N–H and O–H groups in total. The molecular formula is C11H11ClN2O4S. The van der Waals surface area contributed by atoms with Gasteiger partial charge in [0, 0.05) is 13.1 Å². The number of hydrogen-bond donors (Lipinski definition) is 2. The summed E-state index contributed by atoms with van der Waals surface area (Å²) in [5.74, 6) is 0. The average molecular weight is 303 g/mol. The first kappa shape index (κ1) is 14.2. The molecule has 1 saturated heterocycles. The minimum Gasteiger partial charge on any atom is -0.389 e. The molecule has 102 valence electrons. The van der Waals surface area contributed by atoms with Crippen LogP contribution in [-0.2, 0) is 10.0 Å². The lowest BCUT2D eigenvalue weighted by molar-refractivity contribution is 0.0572. The fourth-order valence-corrected chi connectivity index (χ4v) is 3.82. The summed E-state index contributed by atoms with van der Waals surface area (Å²) in [6.07, 6.45) is -2.24. The summed E-state index contributed by atoms with van der Waals surface area (Å²) in [5.41, 5.74) is 0.170. The summed E-state index contributed by atoms with van der Waals surface area (Å²) >= 11 is 5.85. The maximum absolute atomic E-state index is 12.3. The first-order chi connectivity index (χ1) is 8.86. The molecule has 2 rings (SSSR count). The Balaban J connectivity index is 2.43. The monoisotopic (exact) mass is 302 g/mol. The van der Waals surface area contributed by atoms with Gasteiger partial charge >= 0.3 is 0 Å². The van der Waals surface area contributed by atoms with Crippen molar-refractivity contribution in [3.63, 3.8) is 0 Å². The summed E-state index contributed by atoms with van der Waals surface area (Å²) in [4.78, 5) is -0.200. The summed E-state index contributed by atoms with van der Waals surface area (Å²) in [5, 5.41) is 27.6. The molecule has 1 aromatic carbocycles. The minimum absolute atomic E-state index is 0.00474. The van der Waals surface area contributed by atoms with Crippen molar-refractivity contribution in [3.8, 4) is 6.07 Å².